The summed E-state index contributed by atoms with van der Waals surface area (Å²) in [6.45, 7) is 1.20. The molecule has 0 bridgehead atoms. The number of rotatable bonds is 5. The Hall–Kier alpha value is -2.14. The van der Waals surface area contributed by atoms with E-state index in [9.17, 15) is 9.18 Å². The summed E-state index contributed by atoms with van der Waals surface area (Å²) >= 11 is 0. The number of aryl methyl sites for hydroxylation is 1. The minimum atomic E-state index is -0.546. The van der Waals surface area contributed by atoms with Crippen molar-refractivity contribution in [3.8, 4) is 0 Å². The van der Waals surface area contributed by atoms with Gasteiger partial charge in [-0.25, -0.2) is 14.4 Å². The first-order valence-corrected chi connectivity index (χ1v) is 7.26. The number of hydrogen-bond acceptors (Lipinski definition) is 4. The largest absolute Gasteiger partial charge is 0.388 e. The van der Waals surface area contributed by atoms with Crippen LogP contribution in [0.5, 0.6) is 0 Å². The Morgan fingerprint density at radius 3 is 2.55 bits per heavy atom. The lowest BCUT2D eigenvalue weighted by molar-refractivity contribution is 0.0903. The van der Waals surface area contributed by atoms with Crippen molar-refractivity contribution in [3.05, 3.63) is 58.9 Å². The van der Waals surface area contributed by atoms with Crippen molar-refractivity contribution in [3.63, 3.8) is 0 Å². The van der Waals surface area contributed by atoms with Gasteiger partial charge in [0.2, 0.25) is 0 Å². The van der Waals surface area contributed by atoms with E-state index in [0.717, 1.165) is 18.4 Å². The van der Waals surface area contributed by atoms with Gasteiger partial charge in [-0.3, -0.25) is 4.79 Å². The molecule has 1 aliphatic carbocycles. The number of hydrogen-bond donors (Lipinski definition) is 1. The molecule has 4 nitrogen and oxygen atoms in total. The maximum absolute atomic E-state index is 13.8. The van der Waals surface area contributed by atoms with E-state index in [1.807, 2.05) is 6.07 Å². The van der Waals surface area contributed by atoms with Crippen LogP contribution in [0.25, 0.3) is 0 Å². The van der Waals surface area contributed by atoms with Gasteiger partial charge in [-0.2, -0.15) is 0 Å². The number of carbonyl (C=O) groups is 1. The zero-order valence-corrected chi connectivity index (χ0v) is 12.3. The third-order valence-electron chi connectivity index (χ3n) is 4.31. The van der Waals surface area contributed by atoms with Crippen LogP contribution < -0.4 is 0 Å². The lowest BCUT2D eigenvalue weighted by Crippen LogP contribution is -2.14. The average molecular weight is 300 g/mol. The third kappa shape index (κ3) is 2.76. The van der Waals surface area contributed by atoms with Crippen LogP contribution in [-0.4, -0.2) is 27.5 Å². The van der Waals surface area contributed by atoms with E-state index < -0.39 is 12.4 Å². The second-order valence-corrected chi connectivity index (χ2v) is 5.89. The van der Waals surface area contributed by atoms with Gasteiger partial charge in [-0.15, -0.1) is 0 Å². The number of Topliss-reactive ketones (excluding diaryl/α,β-unsaturated/α-hetero) is 1. The van der Waals surface area contributed by atoms with Crippen LogP contribution in [0, 0.1) is 12.7 Å². The Balaban J connectivity index is 1.80. The van der Waals surface area contributed by atoms with E-state index in [0.29, 0.717) is 23.4 Å². The predicted molar refractivity (Wildman–Crippen MR) is 79.2 cm³/mol. The molecule has 0 aliphatic heterocycles. The van der Waals surface area contributed by atoms with Crippen molar-refractivity contribution in [2.45, 2.75) is 31.6 Å². The van der Waals surface area contributed by atoms with Gasteiger partial charge in [0.1, 0.15) is 18.2 Å². The number of aromatic nitrogens is 2. The molecule has 114 valence electrons. The van der Waals surface area contributed by atoms with Crippen LogP contribution in [0.1, 0.15) is 40.2 Å². The fourth-order valence-corrected chi connectivity index (χ4v) is 2.63. The quantitative estimate of drug-likeness (QED) is 0.861. The molecule has 0 spiro atoms. The lowest BCUT2D eigenvalue weighted by Gasteiger charge is -2.15. The number of nitrogens with zero attached hydrogens (tertiary/aromatic N) is 2. The molecule has 1 aromatic carbocycles. The summed E-state index contributed by atoms with van der Waals surface area (Å²) in [4.78, 5) is 19.7. The molecule has 0 saturated heterocycles. The van der Waals surface area contributed by atoms with Crippen LogP contribution in [-0.2, 0) is 11.8 Å². The van der Waals surface area contributed by atoms with E-state index >= 15 is 0 Å². The molecular weight excluding hydrogens is 283 g/mol. The van der Waals surface area contributed by atoms with Gasteiger partial charge in [0.15, 0.2) is 5.78 Å². The molecular formula is C17H17FN2O2. The van der Waals surface area contributed by atoms with Gasteiger partial charge >= 0.3 is 0 Å². The summed E-state index contributed by atoms with van der Waals surface area (Å²) in [5, 5.41) is 8.81. The lowest BCUT2D eigenvalue weighted by atomic mass is 9.91. The Morgan fingerprint density at radius 1 is 1.32 bits per heavy atom. The molecule has 0 atom stereocenters. The topological polar surface area (TPSA) is 63.1 Å². The maximum atomic E-state index is 13.8. The normalized spacial score (nSPS) is 15.6. The van der Waals surface area contributed by atoms with Gasteiger partial charge in [0.05, 0.1) is 5.56 Å². The molecule has 1 fully saturated rings. The number of carbonyl (C=O) groups excluding carboxylic acids is 1. The molecule has 1 saturated carbocycles. The minimum absolute atomic E-state index is 0.0863. The van der Waals surface area contributed by atoms with E-state index in [-0.39, 0.29) is 11.2 Å². The maximum Gasteiger partial charge on any atom is 0.191 e. The Bertz CT molecular complexity index is 709. The number of ketones is 1. The predicted octanol–water partition coefficient (Wildman–Crippen LogP) is 2.37. The first-order chi connectivity index (χ1) is 10.5. The summed E-state index contributed by atoms with van der Waals surface area (Å²) in [6, 6.07) is 5.37. The van der Waals surface area contributed by atoms with Crippen LogP contribution >= 0.6 is 0 Å². The molecule has 0 amide bonds. The zero-order chi connectivity index (χ0) is 15.7. The molecule has 3 rings (SSSR count). The molecule has 1 N–H and O–H groups in total. The van der Waals surface area contributed by atoms with Crippen LogP contribution in [0.15, 0.2) is 30.6 Å². The fourth-order valence-electron chi connectivity index (χ4n) is 2.63. The van der Waals surface area contributed by atoms with Crippen LogP contribution in [0.2, 0.25) is 0 Å². The number of benzene rings is 1. The standard InChI is InChI=1S/C17H17FN2O2/c1-11-2-3-13(6-14(11)18)17(4-5-17)7-16-19-8-12(9-20-16)15(22)10-21/h2-3,6,8-9,21H,4-5,7,10H2,1H3. The van der Waals surface area contributed by atoms with E-state index in [1.54, 1.807) is 19.1 Å². The van der Waals surface area contributed by atoms with Crippen molar-refractivity contribution in [1.82, 2.24) is 9.97 Å². The van der Waals surface area contributed by atoms with Gasteiger partial charge in [0.25, 0.3) is 0 Å². The van der Waals surface area contributed by atoms with Gasteiger partial charge < -0.3 is 5.11 Å². The van der Waals surface area contributed by atoms with Crippen molar-refractivity contribution < 1.29 is 14.3 Å². The van der Waals surface area contributed by atoms with E-state index in [2.05, 4.69) is 9.97 Å². The number of aliphatic hydroxyl groups excluding tert-OH is 1. The Labute approximate surface area is 128 Å². The second-order valence-electron chi connectivity index (χ2n) is 5.89. The number of halogens is 1. The smallest absolute Gasteiger partial charge is 0.191 e. The average Bonchev–Trinajstić information content (AvgIpc) is 3.30. The van der Waals surface area contributed by atoms with Crippen molar-refractivity contribution in [2.24, 2.45) is 0 Å². The molecule has 1 aromatic heterocycles. The molecule has 1 aliphatic rings. The highest BCUT2D eigenvalue weighted by Crippen LogP contribution is 2.50. The first kappa shape index (κ1) is 14.8. The highest BCUT2D eigenvalue weighted by molar-refractivity contribution is 5.96. The molecule has 0 unspecified atom stereocenters. The Kier molecular flexibility index (Phi) is 3.74. The van der Waals surface area contributed by atoms with Crippen molar-refractivity contribution in [1.29, 1.82) is 0 Å². The molecule has 0 radical (unpaired) electrons. The number of aliphatic hydroxyl groups is 1. The van der Waals surface area contributed by atoms with Gasteiger partial charge in [0, 0.05) is 24.2 Å². The SMILES string of the molecule is Cc1ccc(C2(Cc3ncc(C(=O)CO)cn3)CC2)cc1F. The van der Waals surface area contributed by atoms with Crippen molar-refractivity contribution >= 4 is 5.78 Å². The Morgan fingerprint density at radius 2 is 2.00 bits per heavy atom. The van der Waals surface area contributed by atoms with Crippen LogP contribution in [0.4, 0.5) is 4.39 Å². The second kappa shape index (κ2) is 5.57. The molecule has 22 heavy (non-hydrogen) atoms. The molecule has 2 aromatic rings. The summed E-state index contributed by atoms with van der Waals surface area (Å²) in [5.41, 5.74) is 1.84. The van der Waals surface area contributed by atoms with Gasteiger partial charge in [-0.05, 0) is 37.0 Å². The summed E-state index contributed by atoms with van der Waals surface area (Å²) in [5.74, 6) is 0.0508. The first-order valence-electron chi connectivity index (χ1n) is 7.26. The third-order valence-corrected chi connectivity index (χ3v) is 4.31. The zero-order valence-electron chi connectivity index (χ0n) is 12.3. The fraction of sp³-hybridized carbons (Fsp3) is 0.353. The van der Waals surface area contributed by atoms with E-state index in [4.69, 9.17) is 5.11 Å². The summed E-state index contributed by atoms with van der Waals surface area (Å²) in [7, 11) is 0. The van der Waals surface area contributed by atoms with Crippen molar-refractivity contribution in [2.75, 3.05) is 6.61 Å². The highest BCUT2D eigenvalue weighted by Gasteiger charge is 2.45. The monoisotopic (exact) mass is 300 g/mol. The summed E-state index contributed by atoms with van der Waals surface area (Å²) in [6.07, 6.45) is 5.47. The summed E-state index contributed by atoms with van der Waals surface area (Å²) < 4.78 is 13.8. The highest BCUT2D eigenvalue weighted by atomic mass is 19.1. The van der Waals surface area contributed by atoms with Gasteiger partial charge in [-0.1, -0.05) is 12.1 Å². The van der Waals surface area contributed by atoms with E-state index in [1.165, 1.54) is 12.4 Å². The molecule has 1 heterocycles. The van der Waals surface area contributed by atoms with Crippen LogP contribution in [0.3, 0.4) is 0 Å². The minimum Gasteiger partial charge on any atom is -0.388 e. The molecule has 5 heteroatoms.